The van der Waals surface area contributed by atoms with Gasteiger partial charge in [0.15, 0.2) is 9.84 Å². The number of rotatable bonds is 5. The molecule has 0 aliphatic heterocycles. The van der Waals surface area contributed by atoms with E-state index in [1.54, 1.807) is 0 Å². The molecule has 1 aromatic rings. The van der Waals surface area contributed by atoms with Crippen molar-refractivity contribution in [3.05, 3.63) is 29.3 Å². The Bertz CT molecular complexity index is 595. The molecule has 0 heterocycles. The maximum Gasteiger partial charge on any atom is 0.181 e. The van der Waals surface area contributed by atoms with Crippen LogP contribution in [0.1, 0.15) is 44.2 Å². The maximum atomic E-state index is 13.0. The molecule has 1 saturated carbocycles. The van der Waals surface area contributed by atoms with E-state index in [1.165, 1.54) is 0 Å². The van der Waals surface area contributed by atoms with Crippen LogP contribution in [0.2, 0.25) is 0 Å². The fourth-order valence-corrected chi connectivity index (χ4v) is 5.76. The van der Waals surface area contributed by atoms with Crippen LogP contribution in [0.4, 0.5) is 0 Å². The molecule has 118 valence electrons. The van der Waals surface area contributed by atoms with Crippen LogP contribution >= 0.6 is 0 Å². The van der Waals surface area contributed by atoms with Crippen molar-refractivity contribution in [1.82, 2.24) is 5.32 Å². The average molecular weight is 309 g/mol. The molecule has 0 amide bonds. The van der Waals surface area contributed by atoms with Gasteiger partial charge in [-0.1, -0.05) is 26.0 Å². The third kappa shape index (κ3) is 3.32. The van der Waals surface area contributed by atoms with E-state index in [9.17, 15) is 8.42 Å². The number of aryl methyl sites for hydroxylation is 2. The molecular formula is C17H27NO2S. The number of nitrogens with one attached hydrogen (secondary N) is 1. The fraction of sp³-hybridized carbons (Fsp3) is 0.647. The molecule has 1 aliphatic carbocycles. The lowest BCUT2D eigenvalue weighted by atomic mass is 10.1. The molecule has 2 rings (SSSR count). The Balaban J connectivity index is 2.26. The lowest BCUT2D eigenvalue weighted by molar-refractivity contribution is 0.425. The van der Waals surface area contributed by atoms with Gasteiger partial charge in [-0.2, -0.15) is 0 Å². The molecule has 0 spiro atoms. The molecule has 3 atom stereocenters. The second-order valence-electron chi connectivity index (χ2n) is 6.35. The van der Waals surface area contributed by atoms with Gasteiger partial charge in [0.2, 0.25) is 0 Å². The van der Waals surface area contributed by atoms with Gasteiger partial charge in [-0.25, -0.2) is 8.42 Å². The maximum absolute atomic E-state index is 13.0. The van der Waals surface area contributed by atoms with Gasteiger partial charge in [-0.15, -0.1) is 0 Å². The molecule has 0 bridgehead atoms. The van der Waals surface area contributed by atoms with Gasteiger partial charge < -0.3 is 5.32 Å². The summed E-state index contributed by atoms with van der Waals surface area (Å²) in [5.41, 5.74) is 1.86. The Hall–Kier alpha value is -0.870. The van der Waals surface area contributed by atoms with Crippen LogP contribution in [0.15, 0.2) is 23.1 Å². The van der Waals surface area contributed by atoms with Gasteiger partial charge >= 0.3 is 0 Å². The molecule has 1 N–H and O–H groups in total. The summed E-state index contributed by atoms with van der Waals surface area (Å²) in [4.78, 5) is 0.524. The second-order valence-corrected chi connectivity index (χ2v) is 8.48. The number of hydrogen-bond acceptors (Lipinski definition) is 3. The summed E-state index contributed by atoms with van der Waals surface area (Å²) in [7, 11) is -3.24. The molecule has 4 heteroatoms. The average Bonchev–Trinajstić information content (AvgIpc) is 2.81. The Labute approximate surface area is 129 Å². The summed E-state index contributed by atoms with van der Waals surface area (Å²) in [6.07, 6.45) is 2.80. The second kappa shape index (κ2) is 6.49. The largest absolute Gasteiger partial charge is 0.314 e. The zero-order valence-electron chi connectivity index (χ0n) is 13.5. The van der Waals surface area contributed by atoms with Gasteiger partial charge in [0.05, 0.1) is 10.1 Å². The minimum atomic E-state index is -3.24. The van der Waals surface area contributed by atoms with E-state index in [4.69, 9.17) is 0 Å². The van der Waals surface area contributed by atoms with Crippen molar-refractivity contribution in [2.75, 3.05) is 6.54 Å². The molecular weight excluding hydrogens is 282 g/mol. The Morgan fingerprint density at radius 3 is 2.62 bits per heavy atom. The highest BCUT2D eigenvalue weighted by molar-refractivity contribution is 7.92. The molecule has 0 saturated heterocycles. The van der Waals surface area contributed by atoms with Crippen molar-refractivity contribution in [3.63, 3.8) is 0 Å². The zero-order chi connectivity index (χ0) is 15.6. The molecule has 1 aliphatic rings. The minimum Gasteiger partial charge on any atom is -0.314 e. The Morgan fingerprint density at radius 2 is 1.95 bits per heavy atom. The van der Waals surface area contributed by atoms with E-state index in [1.807, 2.05) is 32.0 Å². The van der Waals surface area contributed by atoms with E-state index in [2.05, 4.69) is 19.2 Å². The summed E-state index contributed by atoms with van der Waals surface area (Å²) in [5.74, 6) is 0.168. The van der Waals surface area contributed by atoms with Gasteiger partial charge in [-0.3, -0.25) is 0 Å². The molecule has 21 heavy (non-hydrogen) atoms. The van der Waals surface area contributed by atoms with E-state index in [-0.39, 0.29) is 11.2 Å². The topological polar surface area (TPSA) is 46.2 Å². The normalized spacial score (nSPS) is 26.2. The highest BCUT2D eigenvalue weighted by Gasteiger charge is 2.41. The van der Waals surface area contributed by atoms with Crippen LogP contribution in [0, 0.1) is 19.8 Å². The number of benzene rings is 1. The summed E-state index contributed by atoms with van der Waals surface area (Å²) in [5, 5.41) is 3.24. The number of hydrogen-bond donors (Lipinski definition) is 1. The molecule has 0 aromatic heterocycles. The molecule has 3 unspecified atom stereocenters. The Kier molecular flexibility index (Phi) is 5.10. The van der Waals surface area contributed by atoms with Crippen LogP contribution in [-0.2, 0) is 9.84 Å². The van der Waals surface area contributed by atoms with Crippen molar-refractivity contribution in [1.29, 1.82) is 0 Å². The summed E-state index contributed by atoms with van der Waals surface area (Å²) < 4.78 is 26.0. The van der Waals surface area contributed by atoms with Gasteiger partial charge in [0.25, 0.3) is 0 Å². The van der Waals surface area contributed by atoms with Gasteiger partial charge in [-0.05, 0) is 62.8 Å². The first-order valence-corrected chi connectivity index (χ1v) is 9.47. The lowest BCUT2D eigenvalue weighted by Gasteiger charge is -2.22. The van der Waals surface area contributed by atoms with Crippen LogP contribution in [-0.4, -0.2) is 26.3 Å². The molecule has 3 nitrogen and oxygen atoms in total. The SMILES string of the molecule is CCCNC1CCC(S(=O)(=O)c2cc(C)ccc2C)C1C. The van der Waals surface area contributed by atoms with E-state index in [0.717, 1.165) is 36.9 Å². The highest BCUT2D eigenvalue weighted by atomic mass is 32.2. The smallest absolute Gasteiger partial charge is 0.181 e. The lowest BCUT2D eigenvalue weighted by Crippen LogP contribution is -2.36. The van der Waals surface area contributed by atoms with Crippen LogP contribution in [0.3, 0.4) is 0 Å². The van der Waals surface area contributed by atoms with Crippen molar-refractivity contribution in [2.24, 2.45) is 5.92 Å². The van der Waals surface area contributed by atoms with Gasteiger partial charge in [0, 0.05) is 6.04 Å². The Morgan fingerprint density at radius 1 is 1.24 bits per heavy atom. The van der Waals surface area contributed by atoms with Crippen LogP contribution < -0.4 is 5.32 Å². The van der Waals surface area contributed by atoms with Gasteiger partial charge in [0.1, 0.15) is 0 Å². The standard InChI is InChI=1S/C17H27NO2S/c1-5-10-18-15-8-9-16(14(15)4)21(19,20)17-11-12(2)6-7-13(17)3/h6-7,11,14-16,18H,5,8-10H2,1-4H3. The van der Waals surface area contributed by atoms with Crippen LogP contribution in [0.25, 0.3) is 0 Å². The predicted molar refractivity (Wildman–Crippen MR) is 87.4 cm³/mol. The monoisotopic (exact) mass is 309 g/mol. The molecule has 0 radical (unpaired) electrons. The molecule has 1 fully saturated rings. The first-order valence-electron chi connectivity index (χ1n) is 7.92. The first-order chi connectivity index (χ1) is 9.87. The molecule has 1 aromatic carbocycles. The van der Waals surface area contributed by atoms with Crippen molar-refractivity contribution < 1.29 is 8.42 Å². The predicted octanol–water partition coefficient (Wildman–Crippen LogP) is 3.24. The van der Waals surface area contributed by atoms with E-state index >= 15 is 0 Å². The van der Waals surface area contributed by atoms with Crippen molar-refractivity contribution in [2.45, 2.75) is 63.1 Å². The quantitative estimate of drug-likeness (QED) is 0.908. The highest BCUT2D eigenvalue weighted by Crippen LogP contribution is 2.35. The third-order valence-corrected chi connectivity index (χ3v) is 7.20. The fourth-order valence-electron chi connectivity index (χ4n) is 3.36. The zero-order valence-corrected chi connectivity index (χ0v) is 14.3. The van der Waals surface area contributed by atoms with E-state index in [0.29, 0.717) is 10.9 Å². The van der Waals surface area contributed by atoms with Crippen molar-refractivity contribution in [3.8, 4) is 0 Å². The van der Waals surface area contributed by atoms with Crippen LogP contribution in [0.5, 0.6) is 0 Å². The summed E-state index contributed by atoms with van der Waals surface area (Å²) in [6.45, 7) is 9.01. The van der Waals surface area contributed by atoms with E-state index < -0.39 is 9.84 Å². The number of sulfone groups is 1. The minimum absolute atomic E-state index is 0.168. The third-order valence-electron chi connectivity index (χ3n) is 4.69. The van der Waals surface area contributed by atoms with Crippen molar-refractivity contribution >= 4 is 9.84 Å². The summed E-state index contributed by atoms with van der Waals surface area (Å²) >= 11 is 0. The first kappa shape index (κ1) is 16.5. The summed E-state index contributed by atoms with van der Waals surface area (Å²) in [6, 6.07) is 6.03.